The smallest absolute Gasteiger partial charge is 0.300 e. The van der Waals surface area contributed by atoms with Gasteiger partial charge in [-0.05, 0) is 48.4 Å². The topological polar surface area (TPSA) is 79.7 Å². The molecule has 0 aliphatic carbocycles. The van der Waals surface area contributed by atoms with Crippen LogP contribution in [0.15, 0.2) is 60.4 Å². The van der Waals surface area contributed by atoms with Gasteiger partial charge in [-0.15, -0.1) is 0 Å². The van der Waals surface area contributed by atoms with Crippen LogP contribution in [-0.4, -0.2) is 28.9 Å². The monoisotopic (exact) mass is 502 g/mol. The lowest BCUT2D eigenvalue weighted by atomic mass is 9.96. The Bertz CT molecular complexity index is 1290. The van der Waals surface area contributed by atoms with Gasteiger partial charge in [-0.25, -0.2) is 0 Å². The number of aromatic nitrogens is 1. The van der Waals surface area contributed by atoms with Crippen molar-refractivity contribution in [2.75, 3.05) is 12.0 Å². The number of Topliss-reactive ketones (excluding diaryl/α,β-unsaturated/α-hetero) is 1. The van der Waals surface area contributed by atoms with E-state index in [4.69, 9.17) is 39.5 Å². The number of carbonyl (C=O) groups excluding carboxylic acids is 2. The van der Waals surface area contributed by atoms with Crippen molar-refractivity contribution >= 4 is 57.9 Å². The maximum atomic E-state index is 13.2. The van der Waals surface area contributed by atoms with E-state index in [9.17, 15) is 14.7 Å². The van der Waals surface area contributed by atoms with Gasteiger partial charge in [0, 0.05) is 28.7 Å². The molecule has 1 atom stereocenters. The first kappa shape index (κ1) is 23.1. The van der Waals surface area contributed by atoms with Gasteiger partial charge in [0.15, 0.2) is 5.75 Å². The Hall–Kier alpha value is -3.06. The molecule has 2 heterocycles. The summed E-state index contributed by atoms with van der Waals surface area (Å²) in [4.78, 5) is 31.9. The molecule has 0 saturated carbocycles. The number of hydrogen-bond donors (Lipinski definition) is 1. The van der Waals surface area contributed by atoms with Crippen LogP contribution in [0.3, 0.4) is 0 Å². The molecule has 1 aliphatic rings. The van der Waals surface area contributed by atoms with E-state index >= 15 is 0 Å². The highest BCUT2D eigenvalue weighted by Gasteiger charge is 2.47. The van der Waals surface area contributed by atoms with E-state index in [1.165, 1.54) is 30.3 Å². The van der Waals surface area contributed by atoms with Crippen molar-refractivity contribution in [3.05, 3.63) is 92.2 Å². The highest BCUT2D eigenvalue weighted by Crippen LogP contribution is 2.44. The van der Waals surface area contributed by atoms with E-state index in [2.05, 4.69) is 4.98 Å². The molecule has 0 radical (unpaired) electrons. The minimum absolute atomic E-state index is 0.121. The summed E-state index contributed by atoms with van der Waals surface area (Å²) in [6, 6.07) is 10.3. The largest absolute Gasteiger partial charge is 0.507 e. The lowest BCUT2D eigenvalue weighted by Crippen LogP contribution is -2.30. The fourth-order valence-electron chi connectivity index (χ4n) is 3.82. The Balaban J connectivity index is 1.98. The van der Waals surface area contributed by atoms with Gasteiger partial charge in [-0.2, -0.15) is 0 Å². The Morgan fingerprint density at radius 3 is 2.39 bits per heavy atom. The van der Waals surface area contributed by atoms with Crippen LogP contribution in [0.1, 0.15) is 22.7 Å². The number of ketones is 1. The van der Waals surface area contributed by atoms with Crippen molar-refractivity contribution in [1.29, 1.82) is 0 Å². The van der Waals surface area contributed by atoms with E-state index in [0.717, 1.165) is 5.56 Å². The molecule has 1 fully saturated rings. The van der Waals surface area contributed by atoms with Crippen LogP contribution in [0.2, 0.25) is 15.1 Å². The standard InChI is InChI=1S/C24H17Cl3N2O4/c1-12-5-6-15(25)10-18(12)29-20(13-4-3-7-28-11-13)19(22(31)24(29)32)21(30)14-8-16(26)23(33-2)17(27)9-14/h3-11,20,30H,1-2H3/b21-19+. The zero-order valence-electron chi connectivity index (χ0n) is 17.5. The van der Waals surface area contributed by atoms with Gasteiger partial charge in [-0.3, -0.25) is 19.5 Å². The third-order valence-corrected chi connectivity index (χ3v) is 6.15. The summed E-state index contributed by atoms with van der Waals surface area (Å²) < 4.78 is 5.15. The van der Waals surface area contributed by atoms with Crippen LogP contribution in [-0.2, 0) is 9.59 Å². The zero-order chi connectivity index (χ0) is 23.9. The second-order valence-electron chi connectivity index (χ2n) is 7.36. The number of aliphatic hydroxyl groups is 1. The van der Waals surface area contributed by atoms with Gasteiger partial charge >= 0.3 is 0 Å². The number of amides is 1. The number of pyridine rings is 1. The number of benzene rings is 2. The maximum Gasteiger partial charge on any atom is 0.300 e. The van der Waals surface area contributed by atoms with E-state index in [-0.39, 0.29) is 26.9 Å². The van der Waals surface area contributed by atoms with Crippen LogP contribution in [0.4, 0.5) is 5.69 Å². The van der Waals surface area contributed by atoms with Gasteiger partial charge in [0.2, 0.25) is 0 Å². The number of anilines is 1. The lowest BCUT2D eigenvalue weighted by molar-refractivity contribution is -0.132. The van der Waals surface area contributed by atoms with E-state index < -0.39 is 23.5 Å². The molecular weight excluding hydrogens is 487 g/mol. The van der Waals surface area contributed by atoms with Gasteiger partial charge in [0.1, 0.15) is 5.76 Å². The first-order valence-electron chi connectivity index (χ1n) is 9.75. The van der Waals surface area contributed by atoms with Crippen LogP contribution >= 0.6 is 34.8 Å². The lowest BCUT2D eigenvalue weighted by Gasteiger charge is -2.26. The normalized spacial score (nSPS) is 17.5. The highest BCUT2D eigenvalue weighted by atomic mass is 35.5. The summed E-state index contributed by atoms with van der Waals surface area (Å²) in [5.41, 5.74) is 1.75. The van der Waals surface area contributed by atoms with Crippen molar-refractivity contribution in [3.63, 3.8) is 0 Å². The third-order valence-electron chi connectivity index (χ3n) is 5.35. The average molecular weight is 504 g/mol. The summed E-state index contributed by atoms with van der Waals surface area (Å²) in [5, 5.41) is 11.9. The molecule has 1 aliphatic heterocycles. The van der Waals surface area contributed by atoms with Crippen LogP contribution in [0.25, 0.3) is 5.76 Å². The molecule has 6 nitrogen and oxygen atoms in total. The average Bonchev–Trinajstić information content (AvgIpc) is 3.06. The second kappa shape index (κ2) is 9.06. The number of halogens is 3. The van der Waals surface area contributed by atoms with Gasteiger partial charge in [0.05, 0.1) is 28.8 Å². The molecule has 1 N–H and O–H groups in total. The quantitative estimate of drug-likeness (QED) is 0.269. The predicted octanol–water partition coefficient (Wildman–Crippen LogP) is 5.99. The molecule has 0 bridgehead atoms. The van der Waals surface area contributed by atoms with Crippen LogP contribution in [0.5, 0.6) is 5.75 Å². The minimum atomic E-state index is -0.949. The van der Waals surface area contributed by atoms with Gasteiger partial charge < -0.3 is 9.84 Å². The van der Waals surface area contributed by atoms with Gasteiger partial charge in [0.25, 0.3) is 11.7 Å². The van der Waals surface area contributed by atoms with E-state index in [1.807, 2.05) is 0 Å². The number of ether oxygens (including phenoxy) is 1. The number of aryl methyl sites for hydroxylation is 1. The highest BCUT2D eigenvalue weighted by molar-refractivity contribution is 6.52. The van der Waals surface area contributed by atoms with Crippen LogP contribution < -0.4 is 9.64 Å². The fourth-order valence-corrected chi connectivity index (χ4v) is 4.63. The molecule has 1 saturated heterocycles. The third kappa shape index (κ3) is 4.06. The first-order valence-corrected chi connectivity index (χ1v) is 10.9. The summed E-state index contributed by atoms with van der Waals surface area (Å²) >= 11 is 18.7. The number of nitrogens with zero attached hydrogens (tertiary/aromatic N) is 2. The molecular formula is C24H17Cl3N2O4. The maximum absolute atomic E-state index is 13.2. The summed E-state index contributed by atoms with van der Waals surface area (Å²) in [6.45, 7) is 1.80. The molecule has 1 aromatic heterocycles. The summed E-state index contributed by atoms with van der Waals surface area (Å²) in [6.07, 6.45) is 3.11. The summed E-state index contributed by atoms with van der Waals surface area (Å²) in [5.74, 6) is -1.85. The van der Waals surface area contributed by atoms with Crippen molar-refractivity contribution in [1.82, 2.24) is 4.98 Å². The molecule has 4 rings (SSSR count). The molecule has 9 heteroatoms. The van der Waals surface area contributed by atoms with Crippen molar-refractivity contribution in [2.45, 2.75) is 13.0 Å². The Morgan fingerprint density at radius 2 is 1.79 bits per heavy atom. The SMILES string of the molecule is COc1c(Cl)cc(/C(O)=C2\C(=O)C(=O)N(c3cc(Cl)ccc3C)C2c2cccnc2)cc1Cl. The van der Waals surface area contributed by atoms with Crippen molar-refractivity contribution < 1.29 is 19.4 Å². The molecule has 3 aromatic rings. The van der Waals surface area contributed by atoms with Crippen LogP contribution in [0, 0.1) is 6.92 Å². The Labute approximate surface area is 205 Å². The van der Waals surface area contributed by atoms with Crippen molar-refractivity contribution in [2.24, 2.45) is 0 Å². The number of rotatable bonds is 4. The number of methoxy groups -OCH3 is 1. The molecule has 1 amide bonds. The molecule has 0 spiro atoms. The van der Waals surface area contributed by atoms with E-state index in [0.29, 0.717) is 16.3 Å². The molecule has 1 unspecified atom stereocenters. The minimum Gasteiger partial charge on any atom is -0.507 e. The molecule has 2 aromatic carbocycles. The van der Waals surface area contributed by atoms with E-state index in [1.54, 1.807) is 43.5 Å². The fraction of sp³-hybridized carbons (Fsp3) is 0.125. The predicted molar refractivity (Wildman–Crippen MR) is 128 cm³/mol. The first-order chi connectivity index (χ1) is 15.7. The number of aliphatic hydroxyl groups excluding tert-OH is 1. The second-order valence-corrected chi connectivity index (χ2v) is 8.61. The number of hydrogen-bond acceptors (Lipinski definition) is 5. The molecule has 168 valence electrons. The Kier molecular flexibility index (Phi) is 6.34. The van der Waals surface area contributed by atoms with Gasteiger partial charge in [-0.1, -0.05) is 46.9 Å². The zero-order valence-corrected chi connectivity index (χ0v) is 19.7. The molecule has 33 heavy (non-hydrogen) atoms. The Morgan fingerprint density at radius 1 is 1.09 bits per heavy atom. The van der Waals surface area contributed by atoms with Crippen molar-refractivity contribution in [3.8, 4) is 5.75 Å². The summed E-state index contributed by atoms with van der Waals surface area (Å²) in [7, 11) is 1.41. The number of carbonyl (C=O) groups is 2.